The summed E-state index contributed by atoms with van der Waals surface area (Å²) >= 11 is 0. The third kappa shape index (κ3) is 2.97. The van der Waals surface area contributed by atoms with Crippen molar-refractivity contribution in [2.45, 2.75) is 6.54 Å². The lowest BCUT2D eigenvalue weighted by molar-refractivity contribution is -0.672. The predicted molar refractivity (Wildman–Crippen MR) is 99.1 cm³/mol. The standard InChI is InChI=1S/C21H21N2O4/c1-22-13-23(7-8-27-10-9-26-2)19-18(22)20(24)16-11-14-5-3-4-6-15(14)12-17(16)21(19)25/h3-6,11-13H,7-10H2,1-2H3/q+1. The number of nitrogens with zero attached hydrogens (tertiary/aromatic N) is 2. The van der Waals surface area contributed by atoms with Crippen molar-refractivity contribution in [2.24, 2.45) is 7.05 Å². The van der Waals surface area contributed by atoms with Crippen molar-refractivity contribution in [3.05, 3.63) is 65.2 Å². The zero-order chi connectivity index (χ0) is 19.0. The highest BCUT2D eigenvalue weighted by Crippen LogP contribution is 2.29. The Balaban J connectivity index is 1.72. The summed E-state index contributed by atoms with van der Waals surface area (Å²) in [5, 5.41) is 1.90. The number of methoxy groups -OCH3 is 1. The van der Waals surface area contributed by atoms with Gasteiger partial charge in [0.1, 0.15) is 6.54 Å². The molecule has 6 nitrogen and oxygen atoms in total. The van der Waals surface area contributed by atoms with E-state index in [0.717, 1.165) is 10.8 Å². The van der Waals surface area contributed by atoms with Gasteiger partial charge in [-0.1, -0.05) is 24.3 Å². The number of carbonyl (C=O) groups excluding carboxylic acids is 2. The minimum Gasteiger partial charge on any atom is -0.382 e. The summed E-state index contributed by atoms with van der Waals surface area (Å²) in [7, 11) is 3.41. The van der Waals surface area contributed by atoms with E-state index < -0.39 is 0 Å². The number of benzene rings is 2. The van der Waals surface area contributed by atoms with Gasteiger partial charge in [0.2, 0.25) is 29.3 Å². The topological polar surface area (TPSA) is 61.4 Å². The minimum atomic E-state index is -0.122. The number of aryl methyl sites for hydroxylation is 1. The Kier molecular flexibility index (Phi) is 4.59. The molecular weight excluding hydrogens is 344 g/mol. The molecule has 0 N–H and O–H groups in total. The van der Waals surface area contributed by atoms with Crippen LogP contribution in [0.15, 0.2) is 42.7 Å². The summed E-state index contributed by atoms with van der Waals surface area (Å²) in [4.78, 5) is 26.3. The van der Waals surface area contributed by atoms with Crippen LogP contribution in [0, 0.1) is 0 Å². The van der Waals surface area contributed by atoms with Gasteiger partial charge < -0.3 is 9.47 Å². The van der Waals surface area contributed by atoms with Gasteiger partial charge in [0, 0.05) is 18.2 Å². The largest absolute Gasteiger partial charge is 0.382 e. The van der Waals surface area contributed by atoms with Crippen LogP contribution in [-0.2, 0) is 23.1 Å². The number of aromatic nitrogens is 2. The summed E-state index contributed by atoms with van der Waals surface area (Å²) in [5.74, 6) is -0.241. The first kappa shape index (κ1) is 17.6. The average molecular weight is 365 g/mol. The fourth-order valence-electron chi connectivity index (χ4n) is 3.58. The molecule has 0 radical (unpaired) electrons. The molecule has 0 atom stereocenters. The first-order chi connectivity index (χ1) is 13.1. The molecule has 0 fully saturated rings. The predicted octanol–water partition coefficient (Wildman–Crippen LogP) is 1.90. The highest BCUT2D eigenvalue weighted by molar-refractivity contribution is 6.27. The summed E-state index contributed by atoms with van der Waals surface area (Å²) < 4.78 is 14.0. The third-order valence-corrected chi connectivity index (χ3v) is 4.89. The highest BCUT2D eigenvalue weighted by Gasteiger charge is 2.40. The number of hydrogen-bond acceptors (Lipinski definition) is 4. The monoisotopic (exact) mass is 365 g/mol. The Morgan fingerprint density at radius 2 is 1.63 bits per heavy atom. The van der Waals surface area contributed by atoms with Crippen molar-refractivity contribution in [3.8, 4) is 0 Å². The van der Waals surface area contributed by atoms with Crippen LogP contribution in [0.2, 0.25) is 0 Å². The van der Waals surface area contributed by atoms with E-state index in [2.05, 4.69) is 0 Å². The van der Waals surface area contributed by atoms with Crippen LogP contribution in [0.25, 0.3) is 10.8 Å². The maximum atomic E-state index is 13.2. The van der Waals surface area contributed by atoms with Crippen molar-refractivity contribution in [2.75, 3.05) is 26.9 Å². The molecule has 0 spiro atoms. The van der Waals surface area contributed by atoms with Crippen LogP contribution in [0.5, 0.6) is 0 Å². The van der Waals surface area contributed by atoms with E-state index in [-0.39, 0.29) is 11.6 Å². The Morgan fingerprint density at radius 1 is 0.963 bits per heavy atom. The van der Waals surface area contributed by atoms with Gasteiger partial charge in [0.15, 0.2) is 0 Å². The minimum absolute atomic E-state index is 0.119. The summed E-state index contributed by atoms with van der Waals surface area (Å²) in [6.45, 7) is 1.95. The second-order valence-electron chi connectivity index (χ2n) is 6.63. The number of carbonyl (C=O) groups is 2. The van der Waals surface area contributed by atoms with Crippen LogP contribution in [0.3, 0.4) is 0 Å². The van der Waals surface area contributed by atoms with E-state index in [4.69, 9.17) is 9.47 Å². The Bertz CT molecular complexity index is 1050. The van der Waals surface area contributed by atoms with Crippen molar-refractivity contribution < 1.29 is 23.6 Å². The third-order valence-electron chi connectivity index (χ3n) is 4.89. The van der Waals surface area contributed by atoms with Crippen molar-refractivity contribution in [3.63, 3.8) is 0 Å². The van der Waals surface area contributed by atoms with Crippen LogP contribution in [0.1, 0.15) is 32.1 Å². The van der Waals surface area contributed by atoms with Crippen LogP contribution in [-0.4, -0.2) is 43.1 Å². The fraction of sp³-hybridized carbons (Fsp3) is 0.286. The molecule has 0 saturated carbocycles. The zero-order valence-corrected chi connectivity index (χ0v) is 15.4. The summed E-state index contributed by atoms with van der Waals surface area (Å²) in [6, 6.07) is 11.4. The van der Waals surface area contributed by atoms with Gasteiger partial charge in [-0.05, 0) is 22.9 Å². The SMILES string of the molecule is COCCOCCn1c[n+](C)c2c1C(=O)c1cc3ccccc3cc1C2=O. The lowest BCUT2D eigenvalue weighted by atomic mass is 9.87. The number of imidazole rings is 1. The smallest absolute Gasteiger partial charge is 0.244 e. The van der Waals surface area contributed by atoms with E-state index in [1.807, 2.05) is 36.4 Å². The second kappa shape index (κ2) is 7.06. The van der Waals surface area contributed by atoms with Crippen molar-refractivity contribution >= 4 is 22.3 Å². The van der Waals surface area contributed by atoms with Gasteiger partial charge in [0.25, 0.3) is 0 Å². The fourth-order valence-corrected chi connectivity index (χ4v) is 3.58. The van der Waals surface area contributed by atoms with Gasteiger partial charge in [-0.25, -0.2) is 9.13 Å². The number of ketones is 2. The van der Waals surface area contributed by atoms with E-state index in [0.29, 0.717) is 48.9 Å². The summed E-state index contributed by atoms with van der Waals surface area (Å²) in [6.07, 6.45) is 1.78. The van der Waals surface area contributed by atoms with Crippen LogP contribution in [0.4, 0.5) is 0 Å². The molecule has 1 heterocycles. The number of rotatable bonds is 6. The molecular formula is C21H21N2O4+. The Hall–Kier alpha value is -2.83. The summed E-state index contributed by atoms with van der Waals surface area (Å²) in [5.41, 5.74) is 1.79. The molecule has 0 bridgehead atoms. The van der Waals surface area contributed by atoms with E-state index in [1.165, 1.54) is 0 Å². The highest BCUT2D eigenvalue weighted by atomic mass is 16.5. The average Bonchev–Trinajstić information content (AvgIpc) is 3.01. The van der Waals surface area contributed by atoms with Gasteiger partial charge in [-0.2, -0.15) is 0 Å². The number of hydrogen-bond donors (Lipinski definition) is 0. The van der Waals surface area contributed by atoms with E-state index in [9.17, 15) is 9.59 Å². The molecule has 4 rings (SSSR count). The van der Waals surface area contributed by atoms with Gasteiger partial charge in [0.05, 0.1) is 26.9 Å². The Morgan fingerprint density at radius 3 is 2.30 bits per heavy atom. The van der Waals surface area contributed by atoms with Crippen LogP contribution >= 0.6 is 0 Å². The molecule has 2 aromatic carbocycles. The van der Waals surface area contributed by atoms with Crippen molar-refractivity contribution in [1.82, 2.24) is 4.57 Å². The zero-order valence-electron chi connectivity index (χ0n) is 15.4. The first-order valence-corrected chi connectivity index (χ1v) is 8.89. The lowest BCUT2D eigenvalue weighted by Gasteiger charge is -2.14. The molecule has 0 aliphatic heterocycles. The number of ether oxygens (including phenoxy) is 2. The van der Waals surface area contributed by atoms with Gasteiger partial charge >= 0.3 is 0 Å². The second-order valence-corrected chi connectivity index (χ2v) is 6.63. The molecule has 3 aromatic rings. The molecule has 1 aliphatic carbocycles. The molecule has 6 heteroatoms. The normalized spacial score (nSPS) is 13.1. The first-order valence-electron chi connectivity index (χ1n) is 8.89. The van der Waals surface area contributed by atoms with Gasteiger partial charge in [-0.3, -0.25) is 9.59 Å². The van der Waals surface area contributed by atoms with Crippen LogP contribution < -0.4 is 4.57 Å². The maximum Gasteiger partial charge on any atom is 0.244 e. The molecule has 0 saturated heterocycles. The number of fused-ring (bicyclic) bond motifs is 3. The maximum absolute atomic E-state index is 13.2. The van der Waals surface area contributed by atoms with E-state index in [1.54, 1.807) is 29.6 Å². The Labute approximate surface area is 156 Å². The van der Waals surface area contributed by atoms with Crippen molar-refractivity contribution in [1.29, 1.82) is 0 Å². The molecule has 27 heavy (non-hydrogen) atoms. The molecule has 0 unspecified atom stereocenters. The van der Waals surface area contributed by atoms with Gasteiger partial charge in [-0.15, -0.1) is 0 Å². The molecule has 1 aromatic heterocycles. The molecule has 138 valence electrons. The van der Waals surface area contributed by atoms with E-state index >= 15 is 0 Å². The molecule has 0 amide bonds. The lowest BCUT2D eigenvalue weighted by Crippen LogP contribution is -2.36. The molecule has 1 aliphatic rings. The quantitative estimate of drug-likeness (QED) is 0.387.